The van der Waals surface area contributed by atoms with Crippen LogP contribution in [0.15, 0.2) is 30.3 Å². The number of hydrogen-bond acceptors (Lipinski definition) is 2. The molecular weight excluding hydrogens is 200 g/mol. The Hall–Kier alpha value is -1.35. The topological polar surface area (TPSA) is 55.1 Å². The number of rotatable bonds is 5. The summed E-state index contributed by atoms with van der Waals surface area (Å²) >= 11 is 0. The van der Waals surface area contributed by atoms with E-state index in [2.05, 4.69) is 12.2 Å². The van der Waals surface area contributed by atoms with Crippen LogP contribution in [0.2, 0.25) is 0 Å². The van der Waals surface area contributed by atoms with Crippen molar-refractivity contribution in [3.8, 4) is 0 Å². The molecule has 0 aromatic heterocycles. The molecule has 0 heterocycles. The molecule has 3 N–H and O–H groups in total. The molecule has 0 radical (unpaired) electrons. The Balaban J connectivity index is 2.66. The number of carbonyl (C=O) groups excluding carboxylic acids is 1. The molecule has 0 saturated heterocycles. The fourth-order valence-electron chi connectivity index (χ4n) is 1.57. The van der Waals surface area contributed by atoms with Crippen LogP contribution < -0.4 is 11.1 Å². The first-order valence-corrected chi connectivity index (χ1v) is 5.79. The number of benzene rings is 1. The van der Waals surface area contributed by atoms with E-state index in [9.17, 15) is 4.79 Å². The van der Waals surface area contributed by atoms with Crippen molar-refractivity contribution in [1.82, 2.24) is 5.32 Å². The molecule has 2 atom stereocenters. The van der Waals surface area contributed by atoms with Crippen LogP contribution in [0.1, 0.15) is 38.3 Å². The van der Waals surface area contributed by atoms with Gasteiger partial charge >= 0.3 is 0 Å². The lowest BCUT2D eigenvalue weighted by atomic mass is 10.0. The molecule has 88 valence electrons. The third kappa shape index (κ3) is 3.35. The predicted octanol–water partition coefficient (Wildman–Crippen LogP) is 1.99. The van der Waals surface area contributed by atoms with Gasteiger partial charge in [-0.15, -0.1) is 0 Å². The van der Waals surface area contributed by atoms with E-state index < -0.39 is 6.04 Å². The molecule has 1 aromatic rings. The highest BCUT2D eigenvalue weighted by Gasteiger charge is 2.16. The van der Waals surface area contributed by atoms with Gasteiger partial charge < -0.3 is 11.1 Å². The Kier molecular flexibility index (Phi) is 4.99. The van der Waals surface area contributed by atoms with Gasteiger partial charge in [-0.2, -0.15) is 0 Å². The van der Waals surface area contributed by atoms with Crippen LogP contribution in [0.5, 0.6) is 0 Å². The third-order valence-corrected chi connectivity index (χ3v) is 2.70. The van der Waals surface area contributed by atoms with Crippen molar-refractivity contribution < 1.29 is 4.79 Å². The van der Waals surface area contributed by atoms with E-state index in [1.807, 2.05) is 37.3 Å². The van der Waals surface area contributed by atoms with Gasteiger partial charge in [-0.1, -0.05) is 44.2 Å². The van der Waals surface area contributed by atoms with E-state index in [0.717, 1.165) is 12.0 Å². The summed E-state index contributed by atoms with van der Waals surface area (Å²) < 4.78 is 0. The molecular formula is C13H20N2O. The Morgan fingerprint density at radius 3 is 2.38 bits per heavy atom. The van der Waals surface area contributed by atoms with Crippen molar-refractivity contribution >= 4 is 5.91 Å². The van der Waals surface area contributed by atoms with Crippen LogP contribution in [0.4, 0.5) is 0 Å². The number of nitrogens with two attached hydrogens (primary N) is 1. The first-order chi connectivity index (χ1) is 7.69. The summed E-state index contributed by atoms with van der Waals surface area (Å²) in [6.45, 7) is 3.96. The fraction of sp³-hybridized carbons (Fsp3) is 0.462. The molecule has 0 aliphatic carbocycles. The second kappa shape index (κ2) is 6.28. The van der Waals surface area contributed by atoms with E-state index in [-0.39, 0.29) is 11.9 Å². The smallest absolute Gasteiger partial charge is 0.237 e. The van der Waals surface area contributed by atoms with Gasteiger partial charge in [-0.3, -0.25) is 4.79 Å². The van der Waals surface area contributed by atoms with Crippen LogP contribution >= 0.6 is 0 Å². The lowest BCUT2D eigenvalue weighted by molar-refractivity contribution is -0.123. The minimum Gasteiger partial charge on any atom is -0.348 e. The van der Waals surface area contributed by atoms with Gasteiger partial charge in [0.1, 0.15) is 0 Å². The minimum absolute atomic E-state index is 0.0614. The fourth-order valence-corrected chi connectivity index (χ4v) is 1.57. The highest BCUT2D eigenvalue weighted by Crippen LogP contribution is 2.15. The highest BCUT2D eigenvalue weighted by molar-refractivity contribution is 5.81. The van der Waals surface area contributed by atoms with Crippen LogP contribution in [-0.4, -0.2) is 11.9 Å². The largest absolute Gasteiger partial charge is 0.348 e. The molecule has 0 unspecified atom stereocenters. The summed E-state index contributed by atoms with van der Waals surface area (Å²) in [6, 6.07) is 9.62. The van der Waals surface area contributed by atoms with E-state index >= 15 is 0 Å². The molecule has 1 amide bonds. The standard InChI is InChI=1S/C13H20N2O/c1-3-11(14)13(16)15-12(4-2)10-8-6-5-7-9-10/h5-9,11-12H,3-4,14H2,1-2H3,(H,15,16)/t11-,12+/m1/s1. The van der Waals surface area contributed by atoms with Gasteiger partial charge in [0.05, 0.1) is 12.1 Å². The number of carbonyl (C=O) groups is 1. The zero-order valence-electron chi connectivity index (χ0n) is 9.94. The van der Waals surface area contributed by atoms with Gasteiger partial charge in [0.25, 0.3) is 0 Å². The molecule has 1 aromatic carbocycles. The first kappa shape index (κ1) is 12.7. The van der Waals surface area contributed by atoms with E-state index in [4.69, 9.17) is 5.73 Å². The van der Waals surface area contributed by atoms with Gasteiger partial charge in [0.2, 0.25) is 5.91 Å². The number of amides is 1. The average Bonchev–Trinajstić information content (AvgIpc) is 2.35. The molecule has 0 aliphatic heterocycles. The molecule has 1 rings (SSSR count). The summed E-state index contributed by atoms with van der Waals surface area (Å²) in [5, 5.41) is 2.97. The van der Waals surface area contributed by atoms with Crippen molar-refractivity contribution in [3.05, 3.63) is 35.9 Å². The molecule has 0 fully saturated rings. The van der Waals surface area contributed by atoms with Gasteiger partial charge in [0, 0.05) is 0 Å². The maximum Gasteiger partial charge on any atom is 0.237 e. The summed E-state index contributed by atoms with van der Waals surface area (Å²) in [7, 11) is 0. The Labute approximate surface area is 97.0 Å². The normalized spacial score (nSPS) is 14.2. The van der Waals surface area contributed by atoms with Crippen LogP contribution in [0, 0.1) is 0 Å². The average molecular weight is 220 g/mol. The van der Waals surface area contributed by atoms with Crippen LogP contribution in [0.25, 0.3) is 0 Å². The maximum atomic E-state index is 11.7. The molecule has 0 saturated carbocycles. The zero-order chi connectivity index (χ0) is 12.0. The van der Waals surface area contributed by atoms with E-state index in [1.165, 1.54) is 0 Å². The molecule has 3 nitrogen and oxygen atoms in total. The van der Waals surface area contributed by atoms with Crippen molar-refractivity contribution in [2.45, 2.75) is 38.8 Å². The van der Waals surface area contributed by atoms with Gasteiger partial charge in [-0.25, -0.2) is 0 Å². The summed E-state index contributed by atoms with van der Waals surface area (Å²) in [4.78, 5) is 11.7. The molecule has 0 bridgehead atoms. The second-order valence-electron chi connectivity index (χ2n) is 3.89. The Morgan fingerprint density at radius 2 is 1.88 bits per heavy atom. The highest BCUT2D eigenvalue weighted by atomic mass is 16.2. The predicted molar refractivity (Wildman–Crippen MR) is 65.9 cm³/mol. The molecule has 16 heavy (non-hydrogen) atoms. The van der Waals surface area contributed by atoms with Gasteiger partial charge in [-0.05, 0) is 18.4 Å². The monoisotopic (exact) mass is 220 g/mol. The Bertz CT molecular complexity index is 324. The van der Waals surface area contributed by atoms with Crippen molar-refractivity contribution in [3.63, 3.8) is 0 Å². The van der Waals surface area contributed by atoms with Crippen molar-refractivity contribution in [1.29, 1.82) is 0 Å². The van der Waals surface area contributed by atoms with Crippen LogP contribution in [0.3, 0.4) is 0 Å². The second-order valence-corrected chi connectivity index (χ2v) is 3.89. The van der Waals surface area contributed by atoms with E-state index in [1.54, 1.807) is 0 Å². The van der Waals surface area contributed by atoms with Gasteiger partial charge in [0.15, 0.2) is 0 Å². The Morgan fingerprint density at radius 1 is 1.25 bits per heavy atom. The number of hydrogen-bond donors (Lipinski definition) is 2. The lowest BCUT2D eigenvalue weighted by Crippen LogP contribution is -2.41. The maximum absolute atomic E-state index is 11.7. The quantitative estimate of drug-likeness (QED) is 0.797. The summed E-state index contributed by atoms with van der Waals surface area (Å²) in [5.74, 6) is -0.0711. The molecule has 3 heteroatoms. The SMILES string of the molecule is CC[C@@H](N)C(=O)N[C@@H](CC)c1ccccc1. The van der Waals surface area contributed by atoms with Crippen LogP contribution in [-0.2, 0) is 4.79 Å². The summed E-state index contributed by atoms with van der Waals surface area (Å²) in [5.41, 5.74) is 6.81. The first-order valence-electron chi connectivity index (χ1n) is 5.79. The van der Waals surface area contributed by atoms with E-state index in [0.29, 0.717) is 6.42 Å². The van der Waals surface area contributed by atoms with Crippen molar-refractivity contribution in [2.75, 3.05) is 0 Å². The molecule has 0 spiro atoms. The lowest BCUT2D eigenvalue weighted by Gasteiger charge is -2.19. The molecule has 0 aliphatic rings. The zero-order valence-corrected chi connectivity index (χ0v) is 9.94. The third-order valence-electron chi connectivity index (χ3n) is 2.70. The summed E-state index contributed by atoms with van der Waals surface area (Å²) in [6.07, 6.45) is 1.53. The number of nitrogens with one attached hydrogen (secondary N) is 1. The van der Waals surface area contributed by atoms with Crippen molar-refractivity contribution in [2.24, 2.45) is 5.73 Å². The minimum atomic E-state index is -0.405.